The number of carboxylic acid groups (broad SMARTS) is 1. The first kappa shape index (κ1) is 13.0. The number of anilines is 1. The highest BCUT2D eigenvalue weighted by Crippen LogP contribution is 2.32. The van der Waals surface area contributed by atoms with Gasteiger partial charge in [0, 0.05) is 17.6 Å². The van der Waals surface area contributed by atoms with Crippen LogP contribution in [0.2, 0.25) is 0 Å². The van der Waals surface area contributed by atoms with Crippen molar-refractivity contribution in [1.29, 1.82) is 0 Å². The fourth-order valence-corrected chi connectivity index (χ4v) is 2.97. The van der Waals surface area contributed by atoms with Gasteiger partial charge in [-0.2, -0.15) is 0 Å². The van der Waals surface area contributed by atoms with Crippen LogP contribution < -0.4 is 4.90 Å². The number of hydrogen-bond acceptors (Lipinski definition) is 3. The number of carbonyl (C=O) groups excluding carboxylic acids is 1. The highest BCUT2D eigenvalue weighted by Gasteiger charge is 2.17. The normalized spacial score (nSPS) is 13.8. The van der Waals surface area contributed by atoms with Crippen LogP contribution in [-0.2, 0) is 16.0 Å². The van der Waals surface area contributed by atoms with E-state index in [-0.39, 0.29) is 0 Å². The summed E-state index contributed by atoms with van der Waals surface area (Å²) in [6.07, 6.45) is 1.70. The number of carboxylic acids is 1. The summed E-state index contributed by atoms with van der Waals surface area (Å²) in [4.78, 5) is 24.9. The summed E-state index contributed by atoms with van der Waals surface area (Å²) in [6, 6.07) is 5.87. The second-order valence-electron chi connectivity index (χ2n) is 4.27. The predicted molar refractivity (Wildman–Crippen MR) is 71.1 cm³/mol. The average molecular weight is 265 g/mol. The molecule has 1 aromatic carbocycles. The number of fused-ring (bicyclic) bond motifs is 1. The molecule has 1 aliphatic heterocycles. The minimum Gasteiger partial charge on any atom is -0.481 e. The minimum atomic E-state index is -1.10. The Kier molecular flexibility index (Phi) is 3.91. The first-order valence-corrected chi connectivity index (χ1v) is 6.80. The van der Waals surface area contributed by atoms with E-state index >= 15 is 0 Å². The SMILES string of the molecule is CN(C(=O)CC(=O)O)c1ccc2c(c1)CCCS2. The fraction of sp³-hybridized carbons (Fsp3) is 0.385. The molecule has 96 valence electrons. The molecule has 1 aliphatic rings. The highest BCUT2D eigenvalue weighted by atomic mass is 32.2. The van der Waals surface area contributed by atoms with Crippen molar-refractivity contribution in [2.24, 2.45) is 0 Å². The number of carbonyl (C=O) groups is 2. The Hall–Kier alpha value is -1.49. The van der Waals surface area contributed by atoms with Gasteiger partial charge in [0.15, 0.2) is 0 Å². The van der Waals surface area contributed by atoms with Crippen molar-refractivity contribution in [1.82, 2.24) is 0 Å². The molecule has 0 saturated carbocycles. The van der Waals surface area contributed by atoms with Gasteiger partial charge >= 0.3 is 5.97 Å². The zero-order valence-corrected chi connectivity index (χ0v) is 11.0. The Morgan fingerprint density at radius 2 is 2.22 bits per heavy atom. The molecule has 0 atom stereocenters. The van der Waals surface area contributed by atoms with Gasteiger partial charge in [-0.1, -0.05) is 0 Å². The second-order valence-corrected chi connectivity index (χ2v) is 5.40. The number of hydrogen-bond donors (Lipinski definition) is 1. The van der Waals surface area contributed by atoms with Gasteiger partial charge in [-0.05, 0) is 42.4 Å². The summed E-state index contributed by atoms with van der Waals surface area (Å²) >= 11 is 1.83. The number of benzene rings is 1. The molecule has 1 amide bonds. The summed E-state index contributed by atoms with van der Waals surface area (Å²) in [6.45, 7) is 0. The molecule has 0 aromatic heterocycles. The van der Waals surface area contributed by atoms with E-state index in [4.69, 9.17) is 5.11 Å². The predicted octanol–water partition coefficient (Wildman–Crippen LogP) is 2.16. The number of aryl methyl sites for hydroxylation is 1. The van der Waals surface area contributed by atoms with E-state index in [9.17, 15) is 9.59 Å². The first-order chi connectivity index (χ1) is 8.58. The van der Waals surface area contributed by atoms with Crippen molar-refractivity contribution in [2.75, 3.05) is 17.7 Å². The van der Waals surface area contributed by atoms with E-state index in [1.54, 1.807) is 7.05 Å². The van der Waals surface area contributed by atoms with Crippen LogP contribution in [0.4, 0.5) is 5.69 Å². The smallest absolute Gasteiger partial charge is 0.312 e. The second kappa shape index (κ2) is 5.44. The van der Waals surface area contributed by atoms with Crippen molar-refractivity contribution in [3.05, 3.63) is 23.8 Å². The third-order valence-electron chi connectivity index (χ3n) is 2.96. The Morgan fingerprint density at radius 1 is 1.44 bits per heavy atom. The third kappa shape index (κ3) is 2.85. The highest BCUT2D eigenvalue weighted by molar-refractivity contribution is 7.99. The fourth-order valence-electron chi connectivity index (χ4n) is 1.95. The van der Waals surface area contributed by atoms with Gasteiger partial charge in [-0.25, -0.2) is 0 Å². The van der Waals surface area contributed by atoms with Gasteiger partial charge < -0.3 is 10.0 Å². The molecule has 0 radical (unpaired) electrons. The van der Waals surface area contributed by atoms with Gasteiger partial charge in [0.2, 0.25) is 5.91 Å². The minimum absolute atomic E-state index is 0.397. The third-order valence-corrected chi connectivity index (χ3v) is 4.16. The maximum atomic E-state index is 11.7. The maximum absolute atomic E-state index is 11.7. The molecule has 2 rings (SSSR count). The molecular formula is C13H15NO3S. The Morgan fingerprint density at radius 3 is 2.94 bits per heavy atom. The van der Waals surface area contributed by atoms with Crippen LogP contribution in [0.5, 0.6) is 0 Å². The number of rotatable bonds is 3. The zero-order chi connectivity index (χ0) is 13.1. The number of amides is 1. The molecule has 1 aromatic rings. The zero-order valence-electron chi connectivity index (χ0n) is 10.2. The lowest BCUT2D eigenvalue weighted by Crippen LogP contribution is -2.28. The average Bonchev–Trinajstić information content (AvgIpc) is 2.36. The van der Waals surface area contributed by atoms with Crippen LogP contribution >= 0.6 is 11.8 Å². The lowest BCUT2D eigenvalue weighted by molar-refractivity contribution is -0.140. The molecule has 4 nitrogen and oxygen atoms in total. The topological polar surface area (TPSA) is 57.6 Å². The Balaban J connectivity index is 2.18. The summed E-state index contributed by atoms with van der Waals surface area (Å²) in [5.74, 6) is -0.355. The summed E-state index contributed by atoms with van der Waals surface area (Å²) in [5.41, 5.74) is 2.02. The standard InChI is InChI=1S/C13H15NO3S/c1-14(12(15)8-13(16)17)10-4-5-11-9(7-10)3-2-6-18-11/h4-5,7H,2-3,6,8H2,1H3,(H,16,17). The summed E-state index contributed by atoms with van der Waals surface area (Å²) in [5, 5.41) is 8.62. The van der Waals surface area contributed by atoms with Crippen LogP contribution in [0.3, 0.4) is 0 Å². The van der Waals surface area contributed by atoms with Crippen molar-refractivity contribution in [3.8, 4) is 0 Å². The van der Waals surface area contributed by atoms with Crippen molar-refractivity contribution >= 4 is 29.3 Å². The molecule has 0 unspecified atom stereocenters. The van der Waals surface area contributed by atoms with Crippen LogP contribution in [0.25, 0.3) is 0 Å². The lowest BCUT2D eigenvalue weighted by atomic mass is 10.1. The molecule has 0 spiro atoms. The van der Waals surface area contributed by atoms with Crippen molar-refractivity contribution in [3.63, 3.8) is 0 Å². The molecule has 1 heterocycles. The van der Waals surface area contributed by atoms with E-state index < -0.39 is 18.3 Å². The van der Waals surface area contributed by atoms with Crippen molar-refractivity contribution in [2.45, 2.75) is 24.2 Å². The van der Waals surface area contributed by atoms with Crippen LogP contribution in [0, 0.1) is 0 Å². The van der Waals surface area contributed by atoms with Gasteiger partial charge in [-0.3, -0.25) is 9.59 Å². The molecule has 0 saturated heterocycles. The summed E-state index contributed by atoms with van der Waals surface area (Å²) in [7, 11) is 1.61. The van der Waals surface area contributed by atoms with Gasteiger partial charge in [-0.15, -0.1) is 11.8 Å². The van der Waals surface area contributed by atoms with E-state index in [0.29, 0.717) is 0 Å². The van der Waals surface area contributed by atoms with Gasteiger partial charge in [0.25, 0.3) is 0 Å². The molecule has 0 aliphatic carbocycles. The van der Waals surface area contributed by atoms with Crippen LogP contribution in [0.1, 0.15) is 18.4 Å². The summed E-state index contributed by atoms with van der Waals surface area (Å²) < 4.78 is 0. The Labute approximate surface area is 110 Å². The van der Waals surface area contributed by atoms with E-state index in [0.717, 1.165) is 24.3 Å². The number of aliphatic carboxylic acids is 1. The first-order valence-electron chi connectivity index (χ1n) is 5.82. The van der Waals surface area contributed by atoms with Crippen LogP contribution in [0.15, 0.2) is 23.1 Å². The lowest BCUT2D eigenvalue weighted by Gasteiger charge is -2.21. The van der Waals surface area contributed by atoms with E-state index in [1.165, 1.54) is 15.4 Å². The van der Waals surface area contributed by atoms with Gasteiger partial charge in [0.05, 0.1) is 0 Å². The van der Waals surface area contributed by atoms with Crippen molar-refractivity contribution < 1.29 is 14.7 Å². The molecule has 18 heavy (non-hydrogen) atoms. The maximum Gasteiger partial charge on any atom is 0.312 e. The van der Waals surface area contributed by atoms with E-state index in [2.05, 4.69) is 0 Å². The number of nitrogens with zero attached hydrogens (tertiary/aromatic N) is 1. The Bertz CT molecular complexity index is 487. The van der Waals surface area contributed by atoms with E-state index in [1.807, 2.05) is 30.0 Å². The largest absolute Gasteiger partial charge is 0.481 e. The number of thioether (sulfide) groups is 1. The monoisotopic (exact) mass is 265 g/mol. The molecule has 0 fully saturated rings. The molecular weight excluding hydrogens is 250 g/mol. The molecule has 0 bridgehead atoms. The molecule has 5 heteroatoms. The molecule has 1 N–H and O–H groups in total. The van der Waals surface area contributed by atoms with Gasteiger partial charge in [0.1, 0.15) is 6.42 Å². The van der Waals surface area contributed by atoms with Crippen LogP contribution in [-0.4, -0.2) is 29.8 Å². The quantitative estimate of drug-likeness (QED) is 0.851.